The van der Waals surface area contributed by atoms with E-state index in [4.69, 9.17) is 11.6 Å². The molecule has 0 bridgehead atoms. The van der Waals surface area contributed by atoms with Crippen LogP contribution < -0.4 is 0 Å². The van der Waals surface area contributed by atoms with E-state index < -0.39 is 0 Å². The molecule has 0 saturated carbocycles. The first-order chi connectivity index (χ1) is 10.1. The lowest BCUT2D eigenvalue weighted by molar-refractivity contribution is 0.625. The van der Waals surface area contributed by atoms with E-state index >= 15 is 0 Å². The number of hydrogen-bond acceptors (Lipinski definition) is 1. The minimum atomic E-state index is -0.232. The van der Waals surface area contributed by atoms with Crippen LogP contribution in [0.1, 0.15) is 22.2 Å². The summed E-state index contributed by atoms with van der Waals surface area (Å²) in [5, 5.41) is 0.907. The molecule has 3 aromatic rings. The average molecular weight is 300 g/mol. The molecule has 21 heavy (non-hydrogen) atoms. The highest BCUT2D eigenvalue weighted by Crippen LogP contribution is 2.28. The van der Waals surface area contributed by atoms with E-state index in [0.29, 0.717) is 6.42 Å². The van der Waals surface area contributed by atoms with E-state index in [9.17, 15) is 4.39 Å². The fourth-order valence-electron chi connectivity index (χ4n) is 2.51. The molecule has 2 aromatic carbocycles. The van der Waals surface area contributed by atoms with Crippen LogP contribution in [0.3, 0.4) is 0 Å². The van der Waals surface area contributed by atoms with Crippen molar-refractivity contribution in [1.82, 2.24) is 4.98 Å². The summed E-state index contributed by atoms with van der Waals surface area (Å²) >= 11 is 6.49. The molecule has 0 N–H and O–H groups in total. The number of alkyl halides is 1. The highest BCUT2D eigenvalue weighted by atomic mass is 35.5. The monoisotopic (exact) mass is 299 g/mol. The first kappa shape index (κ1) is 14.0. The van der Waals surface area contributed by atoms with Crippen molar-refractivity contribution in [3.05, 3.63) is 77.2 Å². The zero-order chi connectivity index (χ0) is 14.8. The number of halogens is 2. The SMILES string of the molecule is Cc1cc(F)ccc1C(Cl)Cc1ccc2ccccc2n1. The minimum absolute atomic E-state index is 0.209. The van der Waals surface area contributed by atoms with Crippen molar-refractivity contribution in [2.45, 2.75) is 18.7 Å². The lowest BCUT2D eigenvalue weighted by Gasteiger charge is -2.13. The zero-order valence-electron chi connectivity index (χ0n) is 11.7. The number of rotatable bonds is 3. The summed E-state index contributed by atoms with van der Waals surface area (Å²) in [5.41, 5.74) is 3.73. The highest BCUT2D eigenvalue weighted by Gasteiger charge is 2.13. The summed E-state index contributed by atoms with van der Waals surface area (Å²) in [6.45, 7) is 1.88. The number of fused-ring (bicyclic) bond motifs is 1. The molecule has 3 heteroatoms. The number of benzene rings is 2. The normalized spacial score (nSPS) is 12.5. The average Bonchev–Trinajstić information content (AvgIpc) is 2.47. The Morgan fingerprint density at radius 1 is 1.10 bits per heavy atom. The smallest absolute Gasteiger partial charge is 0.123 e. The van der Waals surface area contributed by atoms with Crippen molar-refractivity contribution in [3.63, 3.8) is 0 Å². The standard InChI is InChI=1S/C18H15ClFN/c1-12-10-14(20)7-9-16(12)17(19)11-15-8-6-13-4-2-3-5-18(13)21-15/h2-10,17H,11H2,1H3. The van der Waals surface area contributed by atoms with Gasteiger partial charge in [-0.25, -0.2) is 4.39 Å². The summed E-state index contributed by atoms with van der Waals surface area (Å²) in [6, 6.07) is 16.8. The molecule has 106 valence electrons. The van der Waals surface area contributed by atoms with Crippen molar-refractivity contribution >= 4 is 22.5 Å². The van der Waals surface area contributed by atoms with Gasteiger partial charge in [0.05, 0.1) is 10.9 Å². The predicted molar refractivity (Wildman–Crippen MR) is 85.2 cm³/mol. The van der Waals surface area contributed by atoms with E-state index in [-0.39, 0.29) is 11.2 Å². The maximum absolute atomic E-state index is 13.2. The van der Waals surface area contributed by atoms with Crippen LogP contribution in [-0.2, 0) is 6.42 Å². The molecule has 0 spiro atoms. The highest BCUT2D eigenvalue weighted by molar-refractivity contribution is 6.21. The molecule has 0 amide bonds. The maximum Gasteiger partial charge on any atom is 0.123 e. The van der Waals surface area contributed by atoms with Gasteiger partial charge in [0.15, 0.2) is 0 Å². The van der Waals surface area contributed by atoms with Gasteiger partial charge in [-0.2, -0.15) is 0 Å². The van der Waals surface area contributed by atoms with E-state index in [2.05, 4.69) is 11.1 Å². The third kappa shape index (κ3) is 3.06. The van der Waals surface area contributed by atoms with Crippen molar-refractivity contribution in [2.24, 2.45) is 0 Å². The summed E-state index contributed by atoms with van der Waals surface area (Å²) in [5.74, 6) is -0.232. The second-order valence-corrected chi connectivity index (χ2v) is 5.69. The first-order valence-corrected chi connectivity index (χ1v) is 7.32. The molecule has 1 heterocycles. The van der Waals surface area contributed by atoms with Gasteiger partial charge >= 0.3 is 0 Å². The van der Waals surface area contributed by atoms with Gasteiger partial charge in [-0.05, 0) is 42.3 Å². The molecule has 1 nitrogen and oxygen atoms in total. The number of aryl methyl sites for hydroxylation is 1. The van der Waals surface area contributed by atoms with Crippen LogP contribution in [-0.4, -0.2) is 4.98 Å². The van der Waals surface area contributed by atoms with Crippen LogP contribution in [0.4, 0.5) is 4.39 Å². The lowest BCUT2D eigenvalue weighted by Crippen LogP contribution is -2.01. The fraction of sp³-hybridized carbons (Fsp3) is 0.167. The molecule has 0 fully saturated rings. The molecule has 1 aromatic heterocycles. The fourth-order valence-corrected chi connectivity index (χ4v) is 2.91. The third-order valence-electron chi connectivity index (χ3n) is 3.61. The van der Waals surface area contributed by atoms with Crippen LogP contribution in [0, 0.1) is 12.7 Å². The van der Waals surface area contributed by atoms with Crippen molar-refractivity contribution < 1.29 is 4.39 Å². The molecule has 1 atom stereocenters. The topological polar surface area (TPSA) is 12.9 Å². The van der Waals surface area contributed by atoms with Gasteiger partial charge in [0.25, 0.3) is 0 Å². The number of para-hydroxylation sites is 1. The van der Waals surface area contributed by atoms with Crippen molar-refractivity contribution in [2.75, 3.05) is 0 Å². The quantitative estimate of drug-likeness (QED) is 0.605. The molecule has 0 radical (unpaired) electrons. The van der Waals surface area contributed by atoms with Crippen molar-refractivity contribution in [3.8, 4) is 0 Å². The summed E-state index contributed by atoms with van der Waals surface area (Å²) in [6.07, 6.45) is 0.624. The number of aromatic nitrogens is 1. The Morgan fingerprint density at radius 2 is 1.90 bits per heavy atom. The molecular weight excluding hydrogens is 285 g/mol. The maximum atomic E-state index is 13.2. The molecule has 0 aliphatic rings. The Hall–Kier alpha value is -1.93. The van der Waals surface area contributed by atoms with Gasteiger partial charge in [-0.3, -0.25) is 4.98 Å². The van der Waals surface area contributed by atoms with Gasteiger partial charge < -0.3 is 0 Å². The van der Waals surface area contributed by atoms with E-state index in [1.807, 2.05) is 37.3 Å². The van der Waals surface area contributed by atoms with Crippen LogP contribution in [0.25, 0.3) is 10.9 Å². The van der Waals surface area contributed by atoms with Gasteiger partial charge in [0, 0.05) is 17.5 Å². The molecule has 0 aliphatic carbocycles. The van der Waals surface area contributed by atoms with Crippen LogP contribution in [0.5, 0.6) is 0 Å². The van der Waals surface area contributed by atoms with Crippen LogP contribution >= 0.6 is 11.6 Å². The minimum Gasteiger partial charge on any atom is -0.253 e. The summed E-state index contributed by atoms with van der Waals surface area (Å²) in [4.78, 5) is 4.63. The number of pyridine rings is 1. The first-order valence-electron chi connectivity index (χ1n) is 6.88. The van der Waals surface area contributed by atoms with Gasteiger partial charge in [-0.15, -0.1) is 11.6 Å². The number of nitrogens with zero attached hydrogens (tertiary/aromatic N) is 1. The molecule has 0 aliphatic heterocycles. The van der Waals surface area contributed by atoms with Crippen molar-refractivity contribution in [1.29, 1.82) is 0 Å². The molecule has 1 unspecified atom stereocenters. The second-order valence-electron chi connectivity index (χ2n) is 5.17. The third-order valence-corrected chi connectivity index (χ3v) is 4.00. The Bertz CT molecular complexity index is 785. The van der Waals surface area contributed by atoms with Gasteiger partial charge in [0.2, 0.25) is 0 Å². The largest absolute Gasteiger partial charge is 0.253 e. The van der Waals surface area contributed by atoms with E-state index in [1.54, 1.807) is 6.07 Å². The Morgan fingerprint density at radius 3 is 2.71 bits per heavy atom. The lowest BCUT2D eigenvalue weighted by atomic mass is 10.0. The number of hydrogen-bond donors (Lipinski definition) is 0. The Kier molecular flexibility index (Phi) is 3.89. The molecular formula is C18H15ClFN. The second kappa shape index (κ2) is 5.82. The zero-order valence-corrected chi connectivity index (χ0v) is 12.4. The van der Waals surface area contributed by atoms with Crippen LogP contribution in [0.15, 0.2) is 54.6 Å². The Balaban J connectivity index is 1.87. The van der Waals surface area contributed by atoms with E-state index in [1.165, 1.54) is 12.1 Å². The molecule has 3 rings (SSSR count). The Labute approximate surface area is 128 Å². The summed E-state index contributed by atoms with van der Waals surface area (Å²) < 4.78 is 13.2. The van der Waals surface area contributed by atoms with Gasteiger partial charge in [-0.1, -0.05) is 30.3 Å². The van der Waals surface area contributed by atoms with E-state index in [0.717, 1.165) is 27.7 Å². The predicted octanol–water partition coefficient (Wildman–Crippen LogP) is 5.20. The van der Waals surface area contributed by atoms with Crippen LogP contribution in [0.2, 0.25) is 0 Å². The molecule has 0 saturated heterocycles. The summed E-state index contributed by atoms with van der Waals surface area (Å²) in [7, 11) is 0. The van der Waals surface area contributed by atoms with Gasteiger partial charge in [0.1, 0.15) is 5.82 Å².